The molecular formula is C16H21N3O2. The minimum atomic E-state index is -0.156. The number of hydrogen-bond donors (Lipinski definition) is 1. The number of fused-ring (bicyclic) bond motifs is 1. The van der Waals surface area contributed by atoms with Gasteiger partial charge < -0.3 is 10.6 Å². The van der Waals surface area contributed by atoms with E-state index < -0.39 is 0 Å². The molecule has 2 aliphatic rings. The summed E-state index contributed by atoms with van der Waals surface area (Å²) in [6.07, 6.45) is 2.89. The molecule has 0 atom stereocenters. The Morgan fingerprint density at radius 3 is 2.14 bits per heavy atom. The molecule has 5 heteroatoms. The Kier molecular flexibility index (Phi) is 4.03. The monoisotopic (exact) mass is 287 g/mol. The Bertz CT molecular complexity index is 515. The van der Waals surface area contributed by atoms with Crippen LogP contribution in [-0.4, -0.2) is 53.8 Å². The zero-order valence-corrected chi connectivity index (χ0v) is 12.1. The van der Waals surface area contributed by atoms with Crippen molar-refractivity contribution >= 4 is 11.8 Å². The van der Waals surface area contributed by atoms with Crippen molar-refractivity contribution in [1.82, 2.24) is 9.80 Å². The van der Waals surface area contributed by atoms with Crippen LogP contribution >= 0.6 is 0 Å². The van der Waals surface area contributed by atoms with Gasteiger partial charge in [0.2, 0.25) is 0 Å². The van der Waals surface area contributed by atoms with E-state index in [0.717, 1.165) is 38.9 Å². The molecule has 0 saturated carbocycles. The number of nitrogens with zero attached hydrogens (tertiary/aromatic N) is 2. The molecule has 112 valence electrons. The molecule has 1 aromatic carbocycles. The molecule has 0 radical (unpaired) electrons. The topological polar surface area (TPSA) is 66.6 Å². The highest BCUT2D eigenvalue weighted by atomic mass is 16.2. The van der Waals surface area contributed by atoms with Crippen LogP contribution in [0.25, 0.3) is 0 Å². The van der Waals surface area contributed by atoms with E-state index in [9.17, 15) is 9.59 Å². The van der Waals surface area contributed by atoms with E-state index >= 15 is 0 Å². The summed E-state index contributed by atoms with van der Waals surface area (Å²) in [6, 6.07) is 7.37. The van der Waals surface area contributed by atoms with Crippen LogP contribution in [0.1, 0.15) is 40.0 Å². The summed E-state index contributed by atoms with van der Waals surface area (Å²) < 4.78 is 0. The highest BCUT2D eigenvalue weighted by Gasteiger charge is 2.34. The maximum Gasteiger partial charge on any atom is 0.261 e. The zero-order chi connectivity index (χ0) is 14.8. The van der Waals surface area contributed by atoms with Crippen molar-refractivity contribution in [3.63, 3.8) is 0 Å². The molecule has 2 amide bonds. The Morgan fingerprint density at radius 2 is 1.57 bits per heavy atom. The maximum absolute atomic E-state index is 12.2. The van der Waals surface area contributed by atoms with Crippen molar-refractivity contribution in [3.05, 3.63) is 35.4 Å². The van der Waals surface area contributed by atoms with Crippen molar-refractivity contribution in [3.8, 4) is 0 Å². The van der Waals surface area contributed by atoms with Gasteiger partial charge in [0.15, 0.2) is 0 Å². The van der Waals surface area contributed by atoms with E-state index in [-0.39, 0.29) is 11.8 Å². The van der Waals surface area contributed by atoms with Crippen LogP contribution in [0.4, 0.5) is 0 Å². The lowest BCUT2D eigenvalue weighted by Gasteiger charge is -2.30. The number of hydrogen-bond acceptors (Lipinski definition) is 4. The molecule has 1 fully saturated rings. The van der Waals surface area contributed by atoms with Gasteiger partial charge in [0.05, 0.1) is 11.1 Å². The predicted molar refractivity (Wildman–Crippen MR) is 80.1 cm³/mol. The molecule has 2 aliphatic heterocycles. The Labute approximate surface area is 124 Å². The minimum absolute atomic E-state index is 0.156. The van der Waals surface area contributed by atoms with Crippen LogP contribution < -0.4 is 5.73 Å². The SMILES string of the molecule is NC1CCN(CCCN2C(=O)c3ccccc3C2=O)CC1. The number of imide groups is 1. The largest absolute Gasteiger partial charge is 0.328 e. The predicted octanol–water partition coefficient (Wildman–Crippen LogP) is 1.10. The highest BCUT2D eigenvalue weighted by molar-refractivity contribution is 6.21. The molecule has 1 aromatic rings. The van der Waals surface area contributed by atoms with Crippen LogP contribution in [0.3, 0.4) is 0 Å². The third-order valence-electron chi connectivity index (χ3n) is 4.37. The standard InChI is InChI=1S/C16H21N3O2/c17-12-6-10-18(11-7-12)8-3-9-19-15(20)13-4-1-2-5-14(13)16(19)21/h1-2,4-5,12H,3,6-11,17H2. The number of rotatable bonds is 4. The van der Waals surface area contributed by atoms with Crippen LogP contribution in [0, 0.1) is 0 Å². The first kappa shape index (κ1) is 14.2. The average molecular weight is 287 g/mol. The molecule has 0 bridgehead atoms. The van der Waals surface area contributed by atoms with Crippen LogP contribution in [0.2, 0.25) is 0 Å². The number of carbonyl (C=O) groups is 2. The molecule has 0 unspecified atom stereocenters. The van der Waals surface area contributed by atoms with Gasteiger partial charge in [-0.15, -0.1) is 0 Å². The zero-order valence-electron chi connectivity index (χ0n) is 12.1. The molecule has 3 rings (SSSR count). The van der Waals surface area contributed by atoms with Crippen LogP contribution in [0.15, 0.2) is 24.3 Å². The lowest BCUT2D eigenvalue weighted by molar-refractivity contribution is 0.0645. The van der Waals surface area contributed by atoms with Gasteiger partial charge in [-0.25, -0.2) is 0 Å². The van der Waals surface area contributed by atoms with Crippen molar-refractivity contribution < 1.29 is 9.59 Å². The average Bonchev–Trinajstić information content (AvgIpc) is 2.75. The summed E-state index contributed by atoms with van der Waals surface area (Å²) in [5, 5.41) is 0. The molecule has 5 nitrogen and oxygen atoms in total. The van der Waals surface area contributed by atoms with E-state index in [4.69, 9.17) is 5.73 Å². The van der Waals surface area contributed by atoms with Crippen LogP contribution in [-0.2, 0) is 0 Å². The highest BCUT2D eigenvalue weighted by Crippen LogP contribution is 2.22. The van der Waals surface area contributed by atoms with Crippen LogP contribution in [0.5, 0.6) is 0 Å². The summed E-state index contributed by atoms with van der Waals surface area (Å²) in [4.78, 5) is 28.2. The van der Waals surface area contributed by atoms with Gasteiger partial charge in [0, 0.05) is 12.6 Å². The molecule has 0 spiro atoms. The third kappa shape index (κ3) is 2.84. The maximum atomic E-state index is 12.2. The van der Waals surface area contributed by atoms with Gasteiger partial charge in [0.1, 0.15) is 0 Å². The smallest absolute Gasteiger partial charge is 0.261 e. The number of amides is 2. The van der Waals surface area contributed by atoms with Crippen molar-refractivity contribution in [2.75, 3.05) is 26.2 Å². The van der Waals surface area contributed by atoms with Gasteiger partial charge in [-0.05, 0) is 51.0 Å². The quantitative estimate of drug-likeness (QED) is 0.842. The van der Waals surface area contributed by atoms with Crippen molar-refractivity contribution in [2.24, 2.45) is 5.73 Å². The van der Waals surface area contributed by atoms with E-state index in [1.165, 1.54) is 4.90 Å². The first-order valence-electron chi connectivity index (χ1n) is 7.60. The van der Waals surface area contributed by atoms with Gasteiger partial charge in [-0.1, -0.05) is 12.1 Å². The van der Waals surface area contributed by atoms with Crippen molar-refractivity contribution in [1.29, 1.82) is 0 Å². The lowest BCUT2D eigenvalue weighted by Crippen LogP contribution is -2.41. The van der Waals surface area contributed by atoms with Gasteiger partial charge in [-0.2, -0.15) is 0 Å². The lowest BCUT2D eigenvalue weighted by atomic mass is 10.1. The summed E-state index contributed by atoms with van der Waals surface area (Å²) in [5.74, 6) is -0.312. The Morgan fingerprint density at radius 1 is 1.00 bits per heavy atom. The first-order valence-corrected chi connectivity index (χ1v) is 7.60. The second-order valence-corrected chi connectivity index (χ2v) is 5.84. The summed E-state index contributed by atoms with van der Waals surface area (Å²) in [7, 11) is 0. The number of carbonyl (C=O) groups excluding carboxylic acids is 2. The number of nitrogens with two attached hydrogens (primary N) is 1. The van der Waals surface area contributed by atoms with E-state index in [1.807, 2.05) is 0 Å². The first-order chi connectivity index (χ1) is 10.2. The summed E-state index contributed by atoms with van der Waals surface area (Å²) >= 11 is 0. The Hall–Kier alpha value is -1.72. The van der Waals surface area contributed by atoms with E-state index in [0.29, 0.717) is 23.7 Å². The number of likely N-dealkylation sites (tertiary alicyclic amines) is 1. The number of benzene rings is 1. The second-order valence-electron chi connectivity index (χ2n) is 5.84. The molecule has 2 N–H and O–H groups in total. The van der Waals surface area contributed by atoms with Crippen molar-refractivity contribution in [2.45, 2.75) is 25.3 Å². The summed E-state index contributed by atoms with van der Waals surface area (Å²) in [5.41, 5.74) is 6.95. The number of piperidine rings is 1. The van der Waals surface area contributed by atoms with Gasteiger partial charge >= 0.3 is 0 Å². The minimum Gasteiger partial charge on any atom is -0.328 e. The molecular weight excluding hydrogens is 266 g/mol. The summed E-state index contributed by atoms with van der Waals surface area (Å²) in [6.45, 7) is 3.45. The molecule has 0 aromatic heterocycles. The fraction of sp³-hybridized carbons (Fsp3) is 0.500. The molecule has 0 aliphatic carbocycles. The van der Waals surface area contributed by atoms with E-state index in [1.54, 1.807) is 24.3 Å². The molecule has 21 heavy (non-hydrogen) atoms. The van der Waals surface area contributed by atoms with Gasteiger partial charge in [0.25, 0.3) is 11.8 Å². The molecule has 2 heterocycles. The molecule has 1 saturated heterocycles. The normalized spacial score (nSPS) is 20.1. The second kappa shape index (κ2) is 5.95. The van der Waals surface area contributed by atoms with Gasteiger partial charge in [-0.3, -0.25) is 14.5 Å². The fourth-order valence-corrected chi connectivity index (χ4v) is 3.07. The van der Waals surface area contributed by atoms with E-state index in [2.05, 4.69) is 4.90 Å². The Balaban J connectivity index is 1.53. The fourth-order valence-electron chi connectivity index (χ4n) is 3.07. The third-order valence-corrected chi connectivity index (χ3v) is 4.37.